The molecule has 45 heavy (non-hydrogen) atoms. The third-order valence-corrected chi connectivity index (χ3v) is 7.11. The highest BCUT2D eigenvalue weighted by molar-refractivity contribution is 6.39. The summed E-state index contributed by atoms with van der Waals surface area (Å²) in [4.78, 5) is 0. The highest BCUT2D eigenvalue weighted by atomic mass is 19.2. The average molecular weight is 650 g/mol. The Morgan fingerprint density at radius 3 is 1.42 bits per heavy atom. The first-order chi connectivity index (χ1) is 21.1. The maximum Gasteiger partial charge on any atom is 0.864 e. The van der Waals surface area contributed by atoms with Crippen LogP contribution < -0.4 is 14.0 Å². The van der Waals surface area contributed by atoms with E-state index in [1.807, 2.05) is 0 Å². The zero-order chi connectivity index (χ0) is 33.5. The van der Waals surface area contributed by atoms with Crippen molar-refractivity contribution in [2.75, 3.05) is 21.1 Å². The van der Waals surface area contributed by atoms with Crippen LogP contribution in [0, 0.1) is 52.4 Å². The summed E-state index contributed by atoms with van der Waals surface area (Å²) >= 11 is 0. The summed E-state index contributed by atoms with van der Waals surface area (Å²) in [5, 5.41) is 0. The molecule has 0 fully saturated rings. The molecule has 0 saturated carbocycles. The number of quaternary nitrogens is 1. The quantitative estimate of drug-likeness (QED) is 0.0509. The highest BCUT2D eigenvalue weighted by Gasteiger charge is 2.39. The van der Waals surface area contributed by atoms with Gasteiger partial charge in [-0.2, -0.15) is 0 Å². The second kappa shape index (κ2) is 15.6. The van der Waals surface area contributed by atoms with Gasteiger partial charge in [-0.15, -0.1) is 0 Å². The average Bonchev–Trinajstić information content (AvgIpc) is 2.95. The van der Waals surface area contributed by atoms with Gasteiger partial charge in [-0.3, -0.25) is 0 Å². The lowest BCUT2D eigenvalue weighted by atomic mass is 9.95. The fraction of sp³-hybridized carbons (Fsp3) is 0.419. The summed E-state index contributed by atoms with van der Waals surface area (Å²) in [5.74, 6) is -17.7. The molecule has 0 N–H and O–H groups in total. The minimum Gasteiger partial charge on any atom is -0.489 e. The van der Waals surface area contributed by atoms with Crippen molar-refractivity contribution >= 4 is 7.32 Å². The molecule has 0 spiro atoms. The summed E-state index contributed by atoms with van der Waals surface area (Å²) in [6.45, 7) is 2.09. The van der Waals surface area contributed by atoms with Gasteiger partial charge in [0.2, 0.25) is 0 Å². The van der Waals surface area contributed by atoms with Gasteiger partial charge in [0, 0.05) is 36.8 Å². The molecule has 0 aliphatic heterocycles. The molecule has 14 heteroatoms. The fourth-order valence-corrected chi connectivity index (χ4v) is 4.81. The van der Waals surface area contributed by atoms with Gasteiger partial charge in [0.1, 0.15) is 23.3 Å². The smallest absolute Gasteiger partial charge is 0.489 e. The van der Waals surface area contributed by atoms with Crippen LogP contribution in [0.4, 0.5) is 39.5 Å². The minimum atomic E-state index is -2.33. The standard InChI is InChI=1S/C31H34BF9NO3/c1-5-6-7-8-9-10-11-12-25(42(2,3)4)27-26(17-24(37)30(40)31(27)41)45-32(43-18-13-20(33)28(38)21(34)14-18)44-19-15-22(35)29(39)23(36)16-19/h13-17,25H,5-12H2,1-4H3/q+1. The highest BCUT2D eigenvalue weighted by Crippen LogP contribution is 2.39. The predicted octanol–water partition coefficient (Wildman–Crippen LogP) is 9.35. The number of halogens is 9. The van der Waals surface area contributed by atoms with E-state index in [4.69, 9.17) is 14.0 Å². The van der Waals surface area contributed by atoms with Gasteiger partial charge in [-0.25, -0.2) is 39.5 Å². The van der Waals surface area contributed by atoms with E-state index in [0.717, 1.165) is 38.5 Å². The summed E-state index contributed by atoms with van der Waals surface area (Å²) in [7, 11) is 2.74. The number of nitrogens with zero attached hydrogens (tertiary/aromatic N) is 1. The molecule has 4 nitrogen and oxygen atoms in total. The molecule has 246 valence electrons. The van der Waals surface area contributed by atoms with E-state index >= 15 is 4.39 Å². The maximum atomic E-state index is 15.6. The molecule has 3 rings (SSSR count). The third-order valence-electron chi connectivity index (χ3n) is 7.11. The molecule has 0 bridgehead atoms. The summed E-state index contributed by atoms with van der Waals surface area (Å²) in [6.07, 6.45) is 6.81. The zero-order valence-electron chi connectivity index (χ0n) is 25.3. The lowest BCUT2D eigenvalue weighted by molar-refractivity contribution is -0.902. The molecule has 0 aliphatic carbocycles. The molecular weight excluding hydrogens is 616 g/mol. The van der Waals surface area contributed by atoms with Crippen molar-refractivity contribution in [2.45, 2.75) is 64.3 Å². The normalized spacial score (nSPS) is 12.3. The van der Waals surface area contributed by atoms with Gasteiger partial charge in [0.05, 0.1) is 26.7 Å². The van der Waals surface area contributed by atoms with Crippen molar-refractivity contribution in [1.82, 2.24) is 0 Å². The van der Waals surface area contributed by atoms with Crippen LogP contribution in [-0.4, -0.2) is 32.9 Å². The molecule has 0 aliphatic rings. The Morgan fingerprint density at radius 1 is 0.556 bits per heavy atom. The lowest BCUT2D eigenvalue weighted by Crippen LogP contribution is -2.41. The Kier molecular flexibility index (Phi) is 12.5. The van der Waals surface area contributed by atoms with Crippen LogP contribution in [-0.2, 0) is 0 Å². The first-order valence-corrected chi connectivity index (χ1v) is 14.4. The van der Waals surface area contributed by atoms with Gasteiger partial charge in [0.15, 0.2) is 52.4 Å². The van der Waals surface area contributed by atoms with E-state index in [9.17, 15) is 35.1 Å². The molecule has 3 aromatic rings. The van der Waals surface area contributed by atoms with Crippen LogP contribution in [0.25, 0.3) is 0 Å². The molecule has 0 aromatic heterocycles. The Labute approximate surface area is 256 Å². The summed E-state index contributed by atoms with van der Waals surface area (Å²) in [6, 6.07) is 1.18. The second-order valence-electron chi connectivity index (χ2n) is 11.5. The number of unbranched alkanes of at least 4 members (excludes halogenated alkanes) is 6. The first kappa shape index (κ1) is 35.9. The molecule has 0 radical (unpaired) electrons. The molecule has 0 amide bonds. The van der Waals surface area contributed by atoms with Crippen LogP contribution >= 0.6 is 0 Å². The van der Waals surface area contributed by atoms with Crippen molar-refractivity contribution in [1.29, 1.82) is 0 Å². The lowest BCUT2D eigenvalue weighted by Gasteiger charge is -2.36. The van der Waals surface area contributed by atoms with E-state index in [1.54, 1.807) is 21.1 Å². The topological polar surface area (TPSA) is 27.7 Å². The third kappa shape index (κ3) is 9.48. The summed E-state index contributed by atoms with van der Waals surface area (Å²) in [5.41, 5.74) is -0.433. The van der Waals surface area contributed by atoms with Crippen molar-refractivity contribution in [3.05, 3.63) is 88.3 Å². The van der Waals surface area contributed by atoms with Crippen molar-refractivity contribution < 1.29 is 58.0 Å². The number of rotatable bonds is 16. The molecule has 0 heterocycles. The van der Waals surface area contributed by atoms with E-state index in [0.29, 0.717) is 43.2 Å². The number of hydrogen-bond donors (Lipinski definition) is 0. The molecule has 1 atom stereocenters. The van der Waals surface area contributed by atoms with E-state index < -0.39 is 88.5 Å². The summed E-state index contributed by atoms with van der Waals surface area (Å²) < 4.78 is 144. The molecule has 0 saturated heterocycles. The van der Waals surface area contributed by atoms with E-state index in [-0.39, 0.29) is 4.48 Å². The largest absolute Gasteiger partial charge is 0.864 e. The van der Waals surface area contributed by atoms with E-state index in [2.05, 4.69) is 6.92 Å². The predicted molar refractivity (Wildman–Crippen MR) is 150 cm³/mol. The molecule has 1 unspecified atom stereocenters. The maximum absolute atomic E-state index is 15.6. The monoisotopic (exact) mass is 650 g/mol. The van der Waals surface area contributed by atoms with Crippen LogP contribution in [0.5, 0.6) is 17.2 Å². The van der Waals surface area contributed by atoms with Gasteiger partial charge in [-0.1, -0.05) is 45.4 Å². The van der Waals surface area contributed by atoms with Gasteiger partial charge >= 0.3 is 7.32 Å². The SMILES string of the molecule is CCCCCCCCCC(c1c(OB(Oc2cc(F)c(F)c(F)c2)Oc2cc(F)c(F)c(F)c2)cc(F)c(F)c1F)[N+](C)(C)C. The number of hydrogen-bond acceptors (Lipinski definition) is 3. The Bertz CT molecular complexity index is 1360. The number of benzene rings is 3. The van der Waals surface area contributed by atoms with Gasteiger partial charge in [0.25, 0.3) is 0 Å². The second-order valence-corrected chi connectivity index (χ2v) is 11.5. The van der Waals surface area contributed by atoms with Crippen molar-refractivity contribution in [3.63, 3.8) is 0 Å². The van der Waals surface area contributed by atoms with Crippen LogP contribution in [0.1, 0.15) is 69.9 Å². The minimum absolute atomic E-state index is 0.0172. The van der Waals surface area contributed by atoms with Gasteiger partial charge in [-0.05, 0) is 6.42 Å². The van der Waals surface area contributed by atoms with Crippen molar-refractivity contribution in [2.24, 2.45) is 0 Å². The van der Waals surface area contributed by atoms with Crippen LogP contribution in [0.3, 0.4) is 0 Å². The van der Waals surface area contributed by atoms with Crippen LogP contribution in [0.2, 0.25) is 0 Å². The van der Waals surface area contributed by atoms with Crippen molar-refractivity contribution in [3.8, 4) is 17.2 Å². The van der Waals surface area contributed by atoms with Gasteiger partial charge < -0.3 is 18.4 Å². The Hall–Kier alpha value is -3.55. The van der Waals surface area contributed by atoms with Crippen LogP contribution in [0.15, 0.2) is 30.3 Å². The zero-order valence-corrected chi connectivity index (χ0v) is 25.3. The Balaban J connectivity index is 2.03. The molecule has 3 aromatic carbocycles. The Morgan fingerprint density at radius 2 is 0.978 bits per heavy atom. The van der Waals surface area contributed by atoms with E-state index in [1.165, 1.54) is 0 Å². The molecular formula is C31H34BF9NO3+. The first-order valence-electron chi connectivity index (χ1n) is 14.4. The fourth-order valence-electron chi connectivity index (χ4n) is 4.81.